The van der Waals surface area contributed by atoms with Gasteiger partial charge in [-0.25, -0.2) is 0 Å². The van der Waals surface area contributed by atoms with Crippen LogP contribution >= 0.6 is 0 Å². The summed E-state index contributed by atoms with van der Waals surface area (Å²) in [5, 5.41) is 17.7. The van der Waals surface area contributed by atoms with E-state index in [1.54, 1.807) is 0 Å². The summed E-state index contributed by atoms with van der Waals surface area (Å²) in [6, 6.07) is 0. The lowest BCUT2D eigenvalue weighted by Gasteiger charge is -2.02. The largest absolute Gasteiger partial charge is 0.347 e. The molecule has 8 heteroatoms. The van der Waals surface area contributed by atoms with Gasteiger partial charge in [0.1, 0.15) is 0 Å². The highest BCUT2D eigenvalue weighted by molar-refractivity contribution is 5.83. The van der Waals surface area contributed by atoms with Crippen molar-refractivity contribution in [1.29, 1.82) is 0 Å². The maximum absolute atomic E-state index is 11.0. The summed E-state index contributed by atoms with van der Waals surface area (Å²) in [6.45, 7) is 1.48. The number of hydrogen-bond donors (Lipinski definition) is 3. The third-order valence-corrected chi connectivity index (χ3v) is 1.33. The van der Waals surface area contributed by atoms with Crippen LogP contribution in [0.4, 0.5) is 0 Å². The molecule has 0 spiro atoms. The number of nitrogens with zero attached hydrogens (tertiary/aromatic N) is 3. The lowest BCUT2D eigenvalue weighted by Crippen LogP contribution is -2.35. The van der Waals surface area contributed by atoms with E-state index < -0.39 is 0 Å². The fourth-order valence-corrected chi connectivity index (χ4v) is 0.702. The Kier molecular flexibility index (Phi) is 3.53. The van der Waals surface area contributed by atoms with Crippen LogP contribution in [0.2, 0.25) is 0 Å². The van der Waals surface area contributed by atoms with Gasteiger partial charge in [0.15, 0.2) is 5.82 Å². The number of aromatic nitrogens is 4. The van der Waals surface area contributed by atoms with Crippen molar-refractivity contribution >= 4 is 11.8 Å². The van der Waals surface area contributed by atoms with Crippen molar-refractivity contribution in [3.05, 3.63) is 5.82 Å². The number of carbonyl (C=O) groups excluding carboxylic acids is 2. The van der Waals surface area contributed by atoms with Crippen molar-refractivity contribution in [3.8, 4) is 0 Å². The zero-order valence-corrected chi connectivity index (χ0v) is 7.57. The first kappa shape index (κ1) is 10.1. The van der Waals surface area contributed by atoms with E-state index in [0.717, 1.165) is 0 Å². The summed E-state index contributed by atoms with van der Waals surface area (Å²) in [4.78, 5) is 21.5. The lowest BCUT2D eigenvalue weighted by molar-refractivity contribution is -0.125. The Morgan fingerprint density at radius 1 is 1.43 bits per heavy atom. The predicted molar refractivity (Wildman–Crippen MR) is 44.7 cm³/mol. The Morgan fingerprint density at radius 3 is 2.79 bits per heavy atom. The van der Waals surface area contributed by atoms with Gasteiger partial charge in [0, 0.05) is 6.92 Å². The van der Waals surface area contributed by atoms with E-state index in [9.17, 15) is 9.59 Å². The molecule has 1 aromatic heterocycles. The second kappa shape index (κ2) is 4.90. The molecule has 76 valence electrons. The fraction of sp³-hybridized carbons (Fsp3) is 0.500. The van der Waals surface area contributed by atoms with Gasteiger partial charge in [-0.15, -0.1) is 10.2 Å². The highest BCUT2D eigenvalue weighted by Crippen LogP contribution is 1.80. The summed E-state index contributed by atoms with van der Waals surface area (Å²) in [7, 11) is 0. The maximum atomic E-state index is 11.0. The average molecular weight is 198 g/mol. The van der Waals surface area contributed by atoms with Crippen LogP contribution in [0.15, 0.2) is 0 Å². The van der Waals surface area contributed by atoms with Crippen LogP contribution in [-0.2, 0) is 16.1 Å². The van der Waals surface area contributed by atoms with Crippen LogP contribution in [0, 0.1) is 0 Å². The van der Waals surface area contributed by atoms with E-state index in [4.69, 9.17) is 0 Å². The van der Waals surface area contributed by atoms with E-state index in [2.05, 4.69) is 31.3 Å². The molecule has 1 heterocycles. The van der Waals surface area contributed by atoms with E-state index in [1.165, 1.54) is 6.92 Å². The molecule has 0 atom stereocenters. The molecular weight excluding hydrogens is 188 g/mol. The first-order valence-electron chi connectivity index (χ1n) is 3.92. The molecular formula is C6H10N6O2. The molecule has 0 aliphatic carbocycles. The number of carbonyl (C=O) groups is 2. The highest BCUT2D eigenvalue weighted by Gasteiger charge is 2.03. The number of tetrazole rings is 1. The molecule has 0 aliphatic heterocycles. The Hall–Kier alpha value is -1.99. The third-order valence-electron chi connectivity index (χ3n) is 1.33. The molecule has 0 aromatic carbocycles. The zero-order chi connectivity index (χ0) is 10.4. The van der Waals surface area contributed by atoms with E-state index in [1.807, 2.05) is 0 Å². The SMILES string of the molecule is CC(=O)NCC(=O)NCc1nn[nH]n1. The monoisotopic (exact) mass is 198 g/mol. The van der Waals surface area contributed by atoms with Gasteiger partial charge in [-0.05, 0) is 0 Å². The summed E-state index contributed by atoms with van der Waals surface area (Å²) >= 11 is 0. The molecule has 14 heavy (non-hydrogen) atoms. The minimum Gasteiger partial charge on any atom is -0.347 e. The van der Waals surface area contributed by atoms with Gasteiger partial charge in [-0.3, -0.25) is 9.59 Å². The number of nitrogens with one attached hydrogen (secondary N) is 3. The summed E-state index contributed by atoms with van der Waals surface area (Å²) < 4.78 is 0. The molecule has 0 saturated heterocycles. The summed E-state index contributed by atoms with van der Waals surface area (Å²) in [5.74, 6) is -0.161. The summed E-state index contributed by atoms with van der Waals surface area (Å²) in [6.07, 6.45) is 0. The maximum Gasteiger partial charge on any atom is 0.239 e. The van der Waals surface area contributed by atoms with Crippen molar-refractivity contribution in [1.82, 2.24) is 31.3 Å². The van der Waals surface area contributed by atoms with Gasteiger partial charge >= 0.3 is 0 Å². The van der Waals surface area contributed by atoms with Gasteiger partial charge in [-0.2, -0.15) is 5.21 Å². The van der Waals surface area contributed by atoms with Gasteiger partial charge in [0.25, 0.3) is 0 Å². The molecule has 1 aromatic rings. The van der Waals surface area contributed by atoms with Gasteiger partial charge in [0.05, 0.1) is 13.1 Å². The number of aromatic amines is 1. The Bertz CT molecular complexity index is 308. The third kappa shape index (κ3) is 3.61. The second-order valence-corrected chi connectivity index (χ2v) is 2.51. The second-order valence-electron chi connectivity index (χ2n) is 2.51. The van der Waals surface area contributed by atoms with Crippen LogP contribution in [0.25, 0.3) is 0 Å². The van der Waals surface area contributed by atoms with Crippen LogP contribution in [0.1, 0.15) is 12.7 Å². The Labute approximate surface area is 79.5 Å². The minimum absolute atomic E-state index is 0.0484. The van der Waals surface area contributed by atoms with Crippen molar-refractivity contribution in [2.45, 2.75) is 13.5 Å². The normalized spacial score (nSPS) is 9.50. The zero-order valence-electron chi connectivity index (χ0n) is 7.57. The van der Waals surface area contributed by atoms with Gasteiger partial charge in [-0.1, -0.05) is 5.21 Å². The van der Waals surface area contributed by atoms with E-state index in [-0.39, 0.29) is 24.9 Å². The molecule has 3 N–H and O–H groups in total. The molecule has 2 amide bonds. The first-order valence-corrected chi connectivity index (χ1v) is 3.92. The number of rotatable bonds is 4. The van der Waals surface area contributed by atoms with Crippen LogP contribution in [0.3, 0.4) is 0 Å². The van der Waals surface area contributed by atoms with Crippen molar-refractivity contribution in [2.75, 3.05) is 6.54 Å². The average Bonchev–Trinajstić information content (AvgIpc) is 2.63. The number of hydrogen-bond acceptors (Lipinski definition) is 5. The smallest absolute Gasteiger partial charge is 0.239 e. The topological polar surface area (TPSA) is 113 Å². The number of H-pyrrole nitrogens is 1. The Balaban J connectivity index is 2.18. The predicted octanol–water partition coefficient (Wildman–Crippen LogP) is -2.05. The van der Waals surface area contributed by atoms with Crippen LogP contribution in [-0.4, -0.2) is 39.0 Å². The molecule has 0 aliphatic rings. The van der Waals surface area contributed by atoms with Crippen LogP contribution in [0.5, 0.6) is 0 Å². The van der Waals surface area contributed by atoms with Crippen molar-refractivity contribution in [2.24, 2.45) is 0 Å². The van der Waals surface area contributed by atoms with Crippen molar-refractivity contribution in [3.63, 3.8) is 0 Å². The molecule has 8 nitrogen and oxygen atoms in total. The highest BCUT2D eigenvalue weighted by atomic mass is 16.2. The standard InChI is InChI=1S/C6H10N6O2/c1-4(13)7-3-6(14)8-2-5-9-11-12-10-5/h2-3H2,1H3,(H,7,13)(H,8,14)(H,9,10,11,12). The van der Waals surface area contributed by atoms with Crippen LogP contribution < -0.4 is 10.6 Å². The molecule has 0 unspecified atom stereocenters. The van der Waals surface area contributed by atoms with E-state index >= 15 is 0 Å². The molecule has 0 bridgehead atoms. The summed E-state index contributed by atoms with van der Waals surface area (Å²) in [5.41, 5.74) is 0. The minimum atomic E-state index is -0.301. The fourth-order valence-electron chi connectivity index (χ4n) is 0.702. The molecule has 1 rings (SSSR count). The molecule has 0 saturated carbocycles. The van der Waals surface area contributed by atoms with Crippen molar-refractivity contribution < 1.29 is 9.59 Å². The first-order chi connectivity index (χ1) is 6.68. The quantitative estimate of drug-likeness (QED) is 0.515. The number of amides is 2. The van der Waals surface area contributed by atoms with Gasteiger partial charge in [0.2, 0.25) is 11.8 Å². The lowest BCUT2D eigenvalue weighted by atomic mass is 10.5. The molecule has 0 radical (unpaired) electrons. The van der Waals surface area contributed by atoms with Gasteiger partial charge < -0.3 is 10.6 Å². The van der Waals surface area contributed by atoms with E-state index in [0.29, 0.717) is 5.82 Å². The Morgan fingerprint density at radius 2 is 2.21 bits per heavy atom. The molecule has 0 fully saturated rings.